The second-order valence-electron chi connectivity index (χ2n) is 6.02. The third-order valence-electron chi connectivity index (χ3n) is 4.55. The first-order valence-corrected chi connectivity index (χ1v) is 8.47. The number of benzene rings is 3. The SMILES string of the molecule is COc1ccnc(-c2ccc(OC)cc2-c2cccc3ccccc23)c1. The van der Waals surface area contributed by atoms with E-state index < -0.39 is 0 Å². The van der Waals surface area contributed by atoms with E-state index in [0.717, 1.165) is 33.9 Å². The molecule has 0 aliphatic carbocycles. The van der Waals surface area contributed by atoms with Crippen molar-refractivity contribution < 1.29 is 9.47 Å². The number of nitrogens with zero attached hydrogens (tertiary/aromatic N) is 1. The molecular weight excluding hydrogens is 322 g/mol. The maximum absolute atomic E-state index is 5.48. The van der Waals surface area contributed by atoms with E-state index in [1.807, 2.05) is 18.2 Å². The standard InChI is InChI=1S/C23H19NO2/c1-25-17-10-11-21(23-15-18(26-2)12-13-24-23)22(14-17)20-9-5-7-16-6-3-4-8-19(16)20/h3-15H,1-2H3. The second-order valence-corrected chi connectivity index (χ2v) is 6.02. The molecule has 3 heteroatoms. The highest BCUT2D eigenvalue weighted by molar-refractivity contribution is 6.00. The number of hydrogen-bond donors (Lipinski definition) is 0. The molecule has 26 heavy (non-hydrogen) atoms. The molecule has 0 unspecified atom stereocenters. The van der Waals surface area contributed by atoms with E-state index in [1.165, 1.54) is 10.8 Å². The van der Waals surface area contributed by atoms with E-state index in [1.54, 1.807) is 20.4 Å². The molecule has 0 radical (unpaired) electrons. The number of hydrogen-bond acceptors (Lipinski definition) is 3. The molecule has 0 N–H and O–H groups in total. The van der Waals surface area contributed by atoms with Crippen molar-refractivity contribution >= 4 is 10.8 Å². The number of fused-ring (bicyclic) bond motifs is 1. The van der Waals surface area contributed by atoms with Gasteiger partial charge in [-0.05, 0) is 46.2 Å². The van der Waals surface area contributed by atoms with Crippen molar-refractivity contribution in [1.29, 1.82) is 0 Å². The van der Waals surface area contributed by atoms with E-state index in [4.69, 9.17) is 9.47 Å². The molecule has 0 aliphatic rings. The molecule has 0 atom stereocenters. The quantitative estimate of drug-likeness (QED) is 0.485. The number of aromatic nitrogens is 1. The summed E-state index contributed by atoms with van der Waals surface area (Å²) in [6.07, 6.45) is 1.77. The third-order valence-corrected chi connectivity index (χ3v) is 4.55. The first-order valence-electron chi connectivity index (χ1n) is 8.47. The van der Waals surface area contributed by atoms with Crippen LogP contribution in [0.2, 0.25) is 0 Å². The molecule has 0 spiro atoms. The van der Waals surface area contributed by atoms with Crippen molar-refractivity contribution in [3.8, 4) is 33.9 Å². The van der Waals surface area contributed by atoms with Gasteiger partial charge in [0.2, 0.25) is 0 Å². The summed E-state index contributed by atoms with van der Waals surface area (Å²) in [6.45, 7) is 0. The summed E-state index contributed by atoms with van der Waals surface area (Å²) in [5, 5.41) is 2.41. The Balaban J connectivity index is 2.00. The molecule has 0 bridgehead atoms. The Morgan fingerprint density at radius 2 is 1.42 bits per heavy atom. The minimum Gasteiger partial charge on any atom is -0.497 e. The summed E-state index contributed by atoms with van der Waals surface area (Å²) in [5.41, 5.74) is 4.15. The summed E-state index contributed by atoms with van der Waals surface area (Å²) in [4.78, 5) is 4.56. The highest BCUT2D eigenvalue weighted by Gasteiger charge is 2.13. The van der Waals surface area contributed by atoms with Crippen LogP contribution >= 0.6 is 0 Å². The lowest BCUT2D eigenvalue weighted by atomic mass is 9.93. The van der Waals surface area contributed by atoms with Gasteiger partial charge in [-0.2, -0.15) is 0 Å². The van der Waals surface area contributed by atoms with Gasteiger partial charge in [-0.3, -0.25) is 4.98 Å². The van der Waals surface area contributed by atoms with Gasteiger partial charge < -0.3 is 9.47 Å². The monoisotopic (exact) mass is 341 g/mol. The zero-order chi connectivity index (χ0) is 17.9. The first kappa shape index (κ1) is 16.2. The predicted octanol–water partition coefficient (Wildman–Crippen LogP) is 5.59. The summed E-state index contributed by atoms with van der Waals surface area (Å²) >= 11 is 0. The molecule has 4 aromatic rings. The van der Waals surface area contributed by atoms with Crippen LogP contribution in [0.5, 0.6) is 11.5 Å². The van der Waals surface area contributed by atoms with Crippen molar-refractivity contribution in [2.45, 2.75) is 0 Å². The van der Waals surface area contributed by atoms with Crippen molar-refractivity contribution in [3.05, 3.63) is 79.0 Å². The molecule has 1 aromatic heterocycles. The van der Waals surface area contributed by atoms with Gasteiger partial charge in [-0.25, -0.2) is 0 Å². The Bertz CT molecular complexity index is 1070. The predicted molar refractivity (Wildman–Crippen MR) is 106 cm³/mol. The van der Waals surface area contributed by atoms with Crippen LogP contribution in [0.3, 0.4) is 0 Å². The average molecular weight is 341 g/mol. The Labute approximate surface area is 152 Å². The fourth-order valence-corrected chi connectivity index (χ4v) is 3.24. The lowest BCUT2D eigenvalue weighted by molar-refractivity contribution is 0.414. The van der Waals surface area contributed by atoms with Crippen LogP contribution in [-0.2, 0) is 0 Å². The Hall–Kier alpha value is -3.33. The molecule has 0 fully saturated rings. The molecule has 128 valence electrons. The molecule has 1 heterocycles. The van der Waals surface area contributed by atoms with Gasteiger partial charge in [0.05, 0.1) is 19.9 Å². The van der Waals surface area contributed by atoms with Gasteiger partial charge in [-0.15, -0.1) is 0 Å². The molecule has 0 aliphatic heterocycles. The lowest BCUT2D eigenvalue weighted by Gasteiger charge is -2.14. The average Bonchev–Trinajstić information content (AvgIpc) is 2.73. The number of ether oxygens (including phenoxy) is 2. The van der Waals surface area contributed by atoms with Crippen LogP contribution in [-0.4, -0.2) is 19.2 Å². The molecule has 0 amide bonds. The maximum atomic E-state index is 5.48. The molecule has 3 aromatic carbocycles. The van der Waals surface area contributed by atoms with E-state index in [0.29, 0.717) is 0 Å². The highest BCUT2D eigenvalue weighted by atomic mass is 16.5. The summed E-state index contributed by atoms with van der Waals surface area (Å²) in [5.74, 6) is 1.61. The topological polar surface area (TPSA) is 31.4 Å². The van der Waals surface area contributed by atoms with Gasteiger partial charge in [-0.1, -0.05) is 42.5 Å². The summed E-state index contributed by atoms with van der Waals surface area (Å²) in [7, 11) is 3.35. The minimum absolute atomic E-state index is 0.787. The van der Waals surface area contributed by atoms with E-state index in [2.05, 4.69) is 59.6 Å². The van der Waals surface area contributed by atoms with Gasteiger partial charge in [0, 0.05) is 17.8 Å². The number of rotatable bonds is 4. The second kappa shape index (κ2) is 6.89. The molecular formula is C23H19NO2. The fraction of sp³-hybridized carbons (Fsp3) is 0.0870. The van der Waals surface area contributed by atoms with E-state index >= 15 is 0 Å². The van der Waals surface area contributed by atoms with Crippen LogP contribution in [0.25, 0.3) is 33.2 Å². The largest absolute Gasteiger partial charge is 0.497 e. The van der Waals surface area contributed by atoms with Crippen molar-refractivity contribution in [1.82, 2.24) is 4.98 Å². The molecule has 3 nitrogen and oxygen atoms in total. The Kier molecular flexibility index (Phi) is 4.28. The lowest BCUT2D eigenvalue weighted by Crippen LogP contribution is -1.92. The van der Waals surface area contributed by atoms with Crippen LogP contribution in [0.15, 0.2) is 79.0 Å². The zero-order valence-electron chi connectivity index (χ0n) is 14.8. The van der Waals surface area contributed by atoms with E-state index in [9.17, 15) is 0 Å². The third kappa shape index (κ3) is 2.88. The smallest absolute Gasteiger partial charge is 0.122 e. The summed E-state index contributed by atoms with van der Waals surface area (Å²) in [6, 6.07) is 24.6. The Morgan fingerprint density at radius 1 is 0.654 bits per heavy atom. The van der Waals surface area contributed by atoms with Crippen LogP contribution in [0.4, 0.5) is 0 Å². The van der Waals surface area contributed by atoms with E-state index in [-0.39, 0.29) is 0 Å². The van der Waals surface area contributed by atoms with Crippen molar-refractivity contribution in [3.63, 3.8) is 0 Å². The van der Waals surface area contributed by atoms with Crippen LogP contribution in [0.1, 0.15) is 0 Å². The van der Waals surface area contributed by atoms with Crippen LogP contribution in [0, 0.1) is 0 Å². The maximum Gasteiger partial charge on any atom is 0.122 e. The van der Waals surface area contributed by atoms with Crippen molar-refractivity contribution in [2.75, 3.05) is 14.2 Å². The van der Waals surface area contributed by atoms with Gasteiger partial charge in [0.25, 0.3) is 0 Å². The highest BCUT2D eigenvalue weighted by Crippen LogP contribution is 2.38. The van der Waals surface area contributed by atoms with Crippen LogP contribution < -0.4 is 9.47 Å². The zero-order valence-corrected chi connectivity index (χ0v) is 14.8. The fourth-order valence-electron chi connectivity index (χ4n) is 3.24. The van der Waals surface area contributed by atoms with Gasteiger partial charge in [0.15, 0.2) is 0 Å². The molecule has 0 saturated carbocycles. The molecule has 0 saturated heterocycles. The Morgan fingerprint density at radius 3 is 2.27 bits per heavy atom. The minimum atomic E-state index is 0.787. The normalized spacial score (nSPS) is 10.7. The summed E-state index contributed by atoms with van der Waals surface area (Å²) < 4.78 is 10.9. The first-order chi connectivity index (χ1) is 12.8. The number of methoxy groups -OCH3 is 2. The number of pyridine rings is 1. The molecule has 4 rings (SSSR count). The van der Waals surface area contributed by atoms with Gasteiger partial charge >= 0.3 is 0 Å². The van der Waals surface area contributed by atoms with Crippen molar-refractivity contribution in [2.24, 2.45) is 0 Å². The van der Waals surface area contributed by atoms with Gasteiger partial charge in [0.1, 0.15) is 11.5 Å².